The number of fused-ring (bicyclic) bond motifs is 1. The molecule has 0 spiro atoms. The number of methoxy groups -OCH3 is 2. The number of aliphatic hydroxyl groups excluding tert-OH is 1. The number of hydrogen-bond donors (Lipinski definition) is 1. The fraction of sp³-hybridized carbons (Fsp3) is 0.353. The van der Waals surface area contributed by atoms with Gasteiger partial charge in [0.05, 0.1) is 20.3 Å². The number of ether oxygens (including phenoxy) is 2. The minimum absolute atomic E-state index is 0.441. The molecule has 1 fully saturated rings. The van der Waals surface area contributed by atoms with Crippen LogP contribution in [0.3, 0.4) is 0 Å². The highest BCUT2D eigenvalue weighted by Crippen LogP contribution is 2.39. The molecule has 1 saturated heterocycles. The summed E-state index contributed by atoms with van der Waals surface area (Å²) < 4.78 is 13.1. The van der Waals surface area contributed by atoms with Gasteiger partial charge in [-0.15, -0.1) is 0 Å². The molecule has 40 heavy (non-hydrogen) atoms. The Morgan fingerprint density at radius 1 is 0.800 bits per heavy atom. The fourth-order valence-corrected chi connectivity index (χ4v) is 5.78. The lowest BCUT2D eigenvalue weighted by atomic mass is 9.88. The maximum Gasteiger partial charge on any atom is 0.118 e. The second-order valence-electron chi connectivity index (χ2n) is 10.6. The third-order valence-electron chi connectivity index (χ3n) is 8.00. The van der Waals surface area contributed by atoms with Crippen molar-refractivity contribution in [3.8, 4) is 11.5 Å². The minimum Gasteiger partial charge on any atom is -0.497 e. The molecule has 0 saturated carbocycles. The number of para-hydroxylation sites is 1. The summed E-state index contributed by atoms with van der Waals surface area (Å²) in [4.78, 5) is 4.72. The van der Waals surface area contributed by atoms with E-state index in [1.165, 1.54) is 22.1 Å². The molecule has 3 aromatic carbocycles. The molecule has 5 rings (SSSR count). The molecule has 0 bridgehead atoms. The Morgan fingerprint density at radius 2 is 1.38 bits per heavy atom. The van der Waals surface area contributed by atoms with Crippen molar-refractivity contribution in [1.29, 1.82) is 0 Å². The van der Waals surface area contributed by atoms with E-state index in [0.717, 1.165) is 60.7 Å². The first-order valence-electron chi connectivity index (χ1n) is 14.2. The Kier molecular flexibility index (Phi) is 8.90. The van der Waals surface area contributed by atoms with Gasteiger partial charge >= 0.3 is 0 Å². The maximum absolute atomic E-state index is 11.1. The molecule has 6 heteroatoms. The van der Waals surface area contributed by atoms with E-state index in [1.54, 1.807) is 14.2 Å². The van der Waals surface area contributed by atoms with Crippen molar-refractivity contribution in [3.05, 3.63) is 95.7 Å². The summed E-state index contributed by atoms with van der Waals surface area (Å²) in [5.74, 6) is 1.67. The Bertz CT molecular complexity index is 1380. The number of aliphatic hydroxyl groups is 1. The Balaban J connectivity index is 1.57. The standard InChI is InChI=1S/C34H41N3O3/c1-5-30(34(25-10-14-28(39-3)15-11-25)26-12-16-29(40-4)17-13-26)32-24-37(33-9-7-6-8-31(32)33)23-27(38)22-36-20-18-35(2)19-21-36/h6-17,24,27,38H,5,18-23H2,1-4H3/t27-/m0/s1. The van der Waals surface area contributed by atoms with E-state index in [4.69, 9.17) is 9.47 Å². The second-order valence-corrected chi connectivity index (χ2v) is 10.6. The molecule has 1 atom stereocenters. The van der Waals surface area contributed by atoms with Gasteiger partial charge in [-0.1, -0.05) is 49.4 Å². The number of likely N-dealkylation sites (N-methyl/N-ethyl adjacent to an activating group) is 1. The predicted molar refractivity (Wildman–Crippen MR) is 164 cm³/mol. The zero-order chi connectivity index (χ0) is 28.1. The molecular formula is C34H41N3O3. The molecule has 1 aliphatic heterocycles. The number of rotatable bonds is 10. The summed E-state index contributed by atoms with van der Waals surface area (Å²) in [6.07, 6.45) is 2.65. The SMILES string of the molecule is CCC(=C(c1ccc(OC)cc1)c1ccc(OC)cc1)c1cn(C[C@@H](O)CN2CCN(C)CC2)c2ccccc12. The number of β-amino-alcohol motifs (C(OH)–C–C–N with tert-alkyl or cyclic N) is 1. The van der Waals surface area contributed by atoms with E-state index in [-0.39, 0.29) is 0 Å². The van der Waals surface area contributed by atoms with Crippen molar-refractivity contribution < 1.29 is 14.6 Å². The number of aromatic nitrogens is 1. The van der Waals surface area contributed by atoms with E-state index < -0.39 is 6.10 Å². The van der Waals surface area contributed by atoms with Crippen molar-refractivity contribution in [1.82, 2.24) is 14.4 Å². The van der Waals surface area contributed by atoms with Crippen LogP contribution in [0.2, 0.25) is 0 Å². The lowest BCUT2D eigenvalue weighted by molar-refractivity contribution is 0.0717. The molecule has 1 aliphatic rings. The lowest BCUT2D eigenvalue weighted by Crippen LogP contribution is -2.47. The summed E-state index contributed by atoms with van der Waals surface area (Å²) in [5.41, 5.74) is 7.06. The largest absolute Gasteiger partial charge is 0.497 e. The lowest BCUT2D eigenvalue weighted by Gasteiger charge is -2.33. The summed E-state index contributed by atoms with van der Waals surface area (Å²) in [6.45, 7) is 7.57. The van der Waals surface area contributed by atoms with Gasteiger partial charge in [0.1, 0.15) is 11.5 Å². The van der Waals surface area contributed by atoms with Crippen molar-refractivity contribution in [2.45, 2.75) is 26.0 Å². The van der Waals surface area contributed by atoms with Gasteiger partial charge in [-0.3, -0.25) is 4.90 Å². The number of hydrogen-bond acceptors (Lipinski definition) is 5. The topological polar surface area (TPSA) is 50.1 Å². The summed E-state index contributed by atoms with van der Waals surface area (Å²) >= 11 is 0. The van der Waals surface area contributed by atoms with Crippen molar-refractivity contribution in [2.24, 2.45) is 0 Å². The molecule has 4 aromatic rings. The van der Waals surface area contributed by atoms with E-state index in [0.29, 0.717) is 13.1 Å². The van der Waals surface area contributed by atoms with Crippen LogP contribution in [0.15, 0.2) is 79.0 Å². The smallest absolute Gasteiger partial charge is 0.118 e. The van der Waals surface area contributed by atoms with Gasteiger partial charge in [-0.2, -0.15) is 0 Å². The number of benzene rings is 3. The van der Waals surface area contributed by atoms with Crippen LogP contribution in [-0.4, -0.2) is 79.6 Å². The second kappa shape index (κ2) is 12.7. The fourth-order valence-electron chi connectivity index (χ4n) is 5.78. The molecule has 1 aromatic heterocycles. The molecule has 210 valence electrons. The monoisotopic (exact) mass is 539 g/mol. The van der Waals surface area contributed by atoms with Crippen LogP contribution in [0.5, 0.6) is 11.5 Å². The Labute approximate surface area is 238 Å². The van der Waals surface area contributed by atoms with Crippen molar-refractivity contribution >= 4 is 22.0 Å². The van der Waals surface area contributed by atoms with Crippen LogP contribution in [0.4, 0.5) is 0 Å². The zero-order valence-corrected chi connectivity index (χ0v) is 24.1. The Hall–Kier alpha value is -3.58. The van der Waals surface area contributed by atoms with Gasteiger partial charge in [0.2, 0.25) is 0 Å². The summed E-state index contributed by atoms with van der Waals surface area (Å²) in [7, 11) is 5.55. The molecule has 1 N–H and O–H groups in total. The number of allylic oxidation sites excluding steroid dienone is 1. The van der Waals surface area contributed by atoms with E-state index in [2.05, 4.69) is 83.1 Å². The van der Waals surface area contributed by atoms with Crippen LogP contribution >= 0.6 is 0 Å². The van der Waals surface area contributed by atoms with Crippen LogP contribution in [0.25, 0.3) is 22.0 Å². The van der Waals surface area contributed by atoms with Gasteiger partial charge in [0.25, 0.3) is 0 Å². The van der Waals surface area contributed by atoms with Crippen LogP contribution in [0, 0.1) is 0 Å². The minimum atomic E-state index is -0.441. The van der Waals surface area contributed by atoms with Gasteiger partial charge in [-0.05, 0) is 66.1 Å². The van der Waals surface area contributed by atoms with Gasteiger partial charge < -0.3 is 24.0 Å². The molecule has 0 radical (unpaired) electrons. The first-order chi connectivity index (χ1) is 19.5. The van der Waals surface area contributed by atoms with Crippen molar-refractivity contribution in [2.75, 3.05) is 54.0 Å². The quantitative estimate of drug-likeness (QED) is 0.283. The molecule has 0 unspecified atom stereocenters. The molecular weight excluding hydrogens is 498 g/mol. The average molecular weight is 540 g/mol. The third kappa shape index (κ3) is 6.09. The first kappa shape index (κ1) is 28.0. The van der Waals surface area contributed by atoms with E-state index >= 15 is 0 Å². The number of nitrogens with zero attached hydrogens (tertiary/aromatic N) is 3. The van der Waals surface area contributed by atoms with Gasteiger partial charge in [0.15, 0.2) is 0 Å². The molecule has 0 aliphatic carbocycles. The predicted octanol–water partition coefficient (Wildman–Crippen LogP) is 5.64. The van der Waals surface area contributed by atoms with E-state index in [9.17, 15) is 5.11 Å². The highest BCUT2D eigenvalue weighted by molar-refractivity contribution is 6.05. The summed E-state index contributed by atoms with van der Waals surface area (Å²) in [6, 6.07) is 25.1. The Morgan fingerprint density at radius 3 is 1.93 bits per heavy atom. The van der Waals surface area contributed by atoms with Gasteiger partial charge in [0, 0.05) is 61.9 Å². The average Bonchev–Trinajstić information content (AvgIpc) is 3.35. The maximum atomic E-state index is 11.1. The van der Waals surface area contributed by atoms with E-state index in [1.807, 2.05) is 24.3 Å². The first-order valence-corrected chi connectivity index (χ1v) is 14.2. The number of piperazine rings is 1. The molecule has 2 heterocycles. The summed E-state index contributed by atoms with van der Waals surface area (Å²) in [5, 5.41) is 12.3. The highest BCUT2D eigenvalue weighted by atomic mass is 16.5. The highest BCUT2D eigenvalue weighted by Gasteiger charge is 2.21. The van der Waals surface area contributed by atoms with Gasteiger partial charge in [-0.25, -0.2) is 0 Å². The van der Waals surface area contributed by atoms with Crippen molar-refractivity contribution in [3.63, 3.8) is 0 Å². The van der Waals surface area contributed by atoms with Crippen LogP contribution in [0.1, 0.15) is 30.0 Å². The molecule has 6 nitrogen and oxygen atoms in total. The normalized spacial score (nSPS) is 15.2. The van der Waals surface area contributed by atoms with Crippen LogP contribution in [-0.2, 0) is 6.54 Å². The van der Waals surface area contributed by atoms with Crippen LogP contribution < -0.4 is 9.47 Å². The third-order valence-corrected chi connectivity index (χ3v) is 8.00. The zero-order valence-electron chi connectivity index (χ0n) is 24.1. The molecule has 0 amide bonds.